The minimum absolute atomic E-state index is 0.822. The Morgan fingerprint density at radius 2 is 2.00 bits per heavy atom. The van der Waals surface area contributed by atoms with Crippen LogP contribution in [-0.2, 0) is 13.5 Å². The molecule has 18 heavy (non-hydrogen) atoms. The smallest absolute Gasteiger partial charge is 0.150 e. The maximum Gasteiger partial charge on any atom is 0.150 e. The van der Waals surface area contributed by atoms with Crippen LogP contribution in [0.3, 0.4) is 0 Å². The van der Waals surface area contributed by atoms with Crippen molar-refractivity contribution in [2.75, 3.05) is 24.2 Å². The van der Waals surface area contributed by atoms with Crippen molar-refractivity contribution in [3.05, 3.63) is 5.69 Å². The lowest BCUT2D eigenvalue weighted by Crippen LogP contribution is -2.28. The number of anilines is 2. The fraction of sp³-hybridized carbons (Fsp3) is 0.786. The van der Waals surface area contributed by atoms with Gasteiger partial charge in [0.2, 0.25) is 0 Å². The number of nitrogen functional groups attached to an aromatic ring is 1. The van der Waals surface area contributed by atoms with E-state index in [1.807, 2.05) is 11.7 Å². The van der Waals surface area contributed by atoms with Crippen LogP contribution in [-0.4, -0.2) is 23.4 Å². The molecule has 0 radical (unpaired) electrons. The van der Waals surface area contributed by atoms with Crippen molar-refractivity contribution in [1.82, 2.24) is 9.78 Å². The Morgan fingerprint density at radius 1 is 1.33 bits per heavy atom. The number of nitrogens with two attached hydrogens (primary N) is 1. The minimum Gasteiger partial charge on any atom is -0.394 e. The highest BCUT2D eigenvalue weighted by atomic mass is 15.4. The second-order valence-electron chi connectivity index (χ2n) is 5.55. The van der Waals surface area contributed by atoms with Gasteiger partial charge in [0.15, 0.2) is 0 Å². The standard InChI is InChI=1S/C14H26N4/c1-4-12-13(15)14(18(3)16-12)17(2)10-11-8-6-5-7-9-11/h11H,4-10,15H2,1-3H3. The lowest BCUT2D eigenvalue weighted by molar-refractivity contribution is 0.361. The first-order valence-corrected chi connectivity index (χ1v) is 7.16. The molecule has 1 aliphatic carbocycles. The largest absolute Gasteiger partial charge is 0.394 e. The molecule has 0 aromatic carbocycles. The van der Waals surface area contributed by atoms with Crippen LogP contribution in [0.15, 0.2) is 0 Å². The highest BCUT2D eigenvalue weighted by Gasteiger charge is 2.20. The number of hydrogen-bond acceptors (Lipinski definition) is 3. The van der Waals surface area contributed by atoms with Gasteiger partial charge < -0.3 is 10.6 Å². The molecule has 4 nitrogen and oxygen atoms in total. The van der Waals surface area contributed by atoms with Crippen molar-refractivity contribution in [1.29, 1.82) is 0 Å². The molecular formula is C14H26N4. The Bertz CT molecular complexity index is 391. The van der Waals surface area contributed by atoms with Gasteiger partial charge in [0, 0.05) is 20.6 Å². The van der Waals surface area contributed by atoms with Gasteiger partial charge in [-0.2, -0.15) is 5.10 Å². The van der Waals surface area contributed by atoms with Crippen molar-refractivity contribution in [3.8, 4) is 0 Å². The van der Waals surface area contributed by atoms with E-state index in [9.17, 15) is 0 Å². The number of nitrogens with zero attached hydrogens (tertiary/aromatic N) is 3. The zero-order valence-corrected chi connectivity index (χ0v) is 11.9. The Hall–Kier alpha value is -1.19. The second-order valence-corrected chi connectivity index (χ2v) is 5.55. The summed E-state index contributed by atoms with van der Waals surface area (Å²) in [5.41, 5.74) is 8.07. The summed E-state index contributed by atoms with van der Waals surface area (Å²) in [5, 5.41) is 4.49. The van der Waals surface area contributed by atoms with Gasteiger partial charge in [0.25, 0.3) is 0 Å². The van der Waals surface area contributed by atoms with Crippen LogP contribution in [0.4, 0.5) is 11.5 Å². The van der Waals surface area contributed by atoms with E-state index in [1.54, 1.807) is 0 Å². The van der Waals surface area contributed by atoms with Crippen LogP contribution in [0.5, 0.6) is 0 Å². The zero-order valence-electron chi connectivity index (χ0n) is 11.9. The molecule has 1 aromatic heterocycles. The molecule has 0 bridgehead atoms. The summed E-state index contributed by atoms with van der Waals surface area (Å²) in [7, 11) is 4.13. The summed E-state index contributed by atoms with van der Waals surface area (Å²) in [6.45, 7) is 3.20. The maximum atomic E-state index is 6.20. The summed E-state index contributed by atoms with van der Waals surface area (Å²) in [6.07, 6.45) is 7.82. The quantitative estimate of drug-likeness (QED) is 0.893. The average Bonchev–Trinajstić information content (AvgIpc) is 2.65. The Morgan fingerprint density at radius 3 is 2.56 bits per heavy atom. The molecule has 1 aliphatic rings. The van der Waals surface area contributed by atoms with Crippen LogP contribution < -0.4 is 10.6 Å². The van der Waals surface area contributed by atoms with E-state index in [2.05, 4.69) is 24.0 Å². The monoisotopic (exact) mass is 250 g/mol. The molecule has 0 spiro atoms. The first-order chi connectivity index (χ1) is 8.63. The normalized spacial score (nSPS) is 17.1. The van der Waals surface area contributed by atoms with Gasteiger partial charge in [-0.25, -0.2) is 0 Å². The first kappa shape index (κ1) is 13.2. The van der Waals surface area contributed by atoms with Gasteiger partial charge in [-0.15, -0.1) is 0 Å². The predicted octanol–water partition coefficient (Wildman–Crippen LogP) is 2.58. The van der Waals surface area contributed by atoms with Crippen LogP contribution >= 0.6 is 0 Å². The van der Waals surface area contributed by atoms with Gasteiger partial charge in [0.05, 0.1) is 11.4 Å². The van der Waals surface area contributed by atoms with Crippen molar-refractivity contribution in [3.63, 3.8) is 0 Å². The van der Waals surface area contributed by atoms with E-state index in [1.165, 1.54) is 32.1 Å². The van der Waals surface area contributed by atoms with Crippen LogP contribution in [0.1, 0.15) is 44.7 Å². The number of aromatic nitrogens is 2. The SMILES string of the molecule is CCc1nn(C)c(N(C)CC2CCCCC2)c1N. The van der Waals surface area contributed by atoms with Gasteiger partial charge in [-0.05, 0) is 25.2 Å². The number of rotatable bonds is 4. The summed E-state index contributed by atoms with van der Waals surface area (Å²) in [6, 6.07) is 0. The third-order valence-corrected chi connectivity index (χ3v) is 4.08. The zero-order chi connectivity index (χ0) is 13.1. The molecule has 1 heterocycles. The molecule has 1 fully saturated rings. The Labute approximate surface area is 110 Å². The third-order valence-electron chi connectivity index (χ3n) is 4.08. The van der Waals surface area contributed by atoms with E-state index in [0.29, 0.717) is 0 Å². The first-order valence-electron chi connectivity index (χ1n) is 7.16. The second kappa shape index (κ2) is 5.63. The summed E-state index contributed by atoms with van der Waals surface area (Å²) >= 11 is 0. The van der Waals surface area contributed by atoms with Crippen LogP contribution in [0.2, 0.25) is 0 Å². The molecule has 1 aromatic rings. The molecule has 4 heteroatoms. The summed E-state index contributed by atoms with van der Waals surface area (Å²) in [4.78, 5) is 2.29. The van der Waals surface area contributed by atoms with Crippen LogP contribution in [0.25, 0.3) is 0 Å². The molecule has 0 amide bonds. The molecule has 1 saturated carbocycles. The number of aryl methyl sites for hydroxylation is 2. The van der Waals surface area contributed by atoms with E-state index in [4.69, 9.17) is 5.73 Å². The molecule has 102 valence electrons. The highest BCUT2D eigenvalue weighted by molar-refractivity contribution is 5.66. The molecule has 2 N–H and O–H groups in total. The van der Waals surface area contributed by atoms with E-state index in [-0.39, 0.29) is 0 Å². The number of hydrogen-bond donors (Lipinski definition) is 1. The predicted molar refractivity (Wildman–Crippen MR) is 76.8 cm³/mol. The third kappa shape index (κ3) is 2.62. The summed E-state index contributed by atoms with van der Waals surface area (Å²) in [5.74, 6) is 1.90. The average molecular weight is 250 g/mol. The molecule has 2 rings (SSSR count). The molecular weight excluding hydrogens is 224 g/mol. The maximum absolute atomic E-state index is 6.20. The van der Waals surface area contributed by atoms with Crippen LogP contribution in [0, 0.1) is 5.92 Å². The van der Waals surface area contributed by atoms with Crippen molar-refractivity contribution >= 4 is 11.5 Å². The fourth-order valence-electron chi connectivity index (χ4n) is 3.14. The highest BCUT2D eigenvalue weighted by Crippen LogP contribution is 2.29. The van der Waals surface area contributed by atoms with Gasteiger partial charge >= 0.3 is 0 Å². The van der Waals surface area contributed by atoms with Crippen molar-refractivity contribution in [2.45, 2.75) is 45.4 Å². The van der Waals surface area contributed by atoms with Crippen molar-refractivity contribution in [2.24, 2.45) is 13.0 Å². The lowest BCUT2D eigenvalue weighted by atomic mass is 9.89. The van der Waals surface area contributed by atoms with Gasteiger partial charge in [-0.3, -0.25) is 4.68 Å². The Balaban J connectivity index is 2.07. The van der Waals surface area contributed by atoms with Crippen molar-refractivity contribution < 1.29 is 0 Å². The summed E-state index contributed by atoms with van der Waals surface area (Å²) < 4.78 is 1.93. The lowest BCUT2D eigenvalue weighted by Gasteiger charge is -2.28. The van der Waals surface area contributed by atoms with E-state index < -0.39 is 0 Å². The minimum atomic E-state index is 0.822. The molecule has 0 aliphatic heterocycles. The Kier molecular flexibility index (Phi) is 4.15. The molecule has 0 unspecified atom stereocenters. The fourth-order valence-corrected chi connectivity index (χ4v) is 3.14. The van der Waals surface area contributed by atoms with E-state index >= 15 is 0 Å². The molecule has 0 saturated heterocycles. The van der Waals surface area contributed by atoms with E-state index in [0.717, 1.165) is 36.1 Å². The van der Waals surface area contributed by atoms with Gasteiger partial charge in [-0.1, -0.05) is 26.2 Å². The molecule has 0 atom stereocenters. The topological polar surface area (TPSA) is 47.1 Å². The van der Waals surface area contributed by atoms with Gasteiger partial charge in [0.1, 0.15) is 5.82 Å².